The minimum Gasteiger partial charge on any atom is -0.312 e. The van der Waals surface area contributed by atoms with Crippen LogP contribution in [0.25, 0.3) is 0 Å². The molecule has 0 amide bonds. The van der Waals surface area contributed by atoms with E-state index >= 15 is 0 Å². The molecule has 1 rings (SSSR count). The SMILES string of the molecule is Cc1ccccc1CPN. The molecule has 0 aliphatic rings. The van der Waals surface area contributed by atoms with E-state index in [2.05, 4.69) is 31.2 Å². The van der Waals surface area contributed by atoms with Gasteiger partial charge in [-0.25, -0.2) is 0 Å². The van der Waals surface area contributed by atoms with Crippen molar-refractivity contribution in [2.24, 2.45) is 5.50 Å². The first-order valence-electron chi connectivity index (χ1n) is 3.32. The fourth-order valence-corrected chi connectivity index (χ4v) is 1.53. The van der Waals surface area contributed by atoms with Crippen molar-refractivity contribution in [3.63, 3.8) is 0 Å². The number of benzene rings is 1. The van der Waals surface area contributed by atoms with E-state index in [9.17, 15) is 0 Å². The summed E-state index contributed by atoms with van der Waals surface area (Å²) in [6, 6.07) is 8.37. The smallest absolute Gasteiger partial charge is 0.00307 e. The first kappa shape index (κ1) is 7.71. The highest BCUT2D eigenvalue weighted by molar-refractivity contribution is 7.34. The molecular formula is C8H12NP. The van der Waals surface area contributed by atoms with Crippen LogP contribution in [0, 0.1) is 6.92 Å². The van der Waals surface area contributed by atoms with E-state index in [4.69, 9.17) is 5.50 Å². The largest absolute Gasteiger partial charge is 0.312 e. The lowest BCUT2D eigenvalue weighted by molar-refractivity contribution is 1.30. The lowest BCUT2D eigenvalue weighted by Gasteiger charge is -2.01. The van der Waals surface area contributed by atoms with Gasteiger partial charge in [-0.05, 0) is 18.1 Å². The molecule has 1 atom stereocenters. The summed E-state index contributed by atoms with van der Waals surface area (Å²) < 4.78 is 0. The van der Waals surface area contributed by atoms with Gasteiger partial charge in [-0.1, -0.05) is 33.0 Å². The molecule has 0 bridgehead atoms. The third-order valence-electron chi connectivity index (χ3n) is 1.55. The highest BCUT2D eigenvalue weighted by Gasteiger charge is 1.92. The summed E-state index contributed by atoms with van der Waals surface area (Å²) in [7, 11) is 0.532. The number of hydrogen-bond acceptors (Lipinski definition) is 1. The molecule has 1 unspecified atom stereocenters. The highest BCUT2D eigenvalue weighted by Crippen LogP contribution is 2.14. The summed E-state index contributed by atoms with van der Waals surface area (Å²) in [5.74, 6) is 0. The van der Waals surface area contributed by atoms with Crippen LogP contribution in [0.3, 0.4) is 0 Å². The maximum atomic E-state index is 5.46. The van der Waals surface area contributed by atoms with Gasteiger partial charge in [-0.2, -0.15) is 0 Å². The summed E-state index contributed by atoms with van der Waals surface area (Å²) in [6.07, 6.45) is 1.02. The fraction of sp³-hybridized carbons (Fsp3) is 0.250. The Balaban J connectivity index is 2.81. The van der Waals surface area contributed by atoms with Crippen LogP contribution in [0.15, 0.2) is 24.3 Å². The van der Waals surface area contributed by atoms with Crippen LogP contribution in [-0.4, -0.2) is 0 Å². The molecule has 2 heteroatoms. The van der Waals surface area contributed by atoms with E-state index in [-0.39, 0.29) is 0 Å². The molecule has 0 heterocycles. The third-order valence-corrected chi connectivity index (χ3v) is 2.14. The Morgan fingerprint density at radius 2 is 2.10 bits per heavy atom. The summed E-state index contributed by atoms with van der Waals surface area (Å²) >= 11 is 0. The van der Waals surface area contributed by atoms with E-state index in [0.717, 1.165) is 6.16 Å². The Bertz CT molecular complexity index is 210. The second-order valence-electron chi connectivity index (χ2n) is 2.31. The van der Waals surface area contributed by atoms with Crippen molar-refractivity contribution in [3.8, 4) is 0 Å². The Kier molecular flexibility index (Phi) is 2.85. The summed E-state index contributed by atoms with van der Waals surface area (Å²) in [6.45, 7) is 2.12. The van der Waals surface area contributed by atoms with Gasteiger partial charge in [0.1, 0.15) is 0 Å². The Labute approximate surface area is 63.5 Å². The van der Waals surface area contributed by atoms with Crippen molar-refractivity contribution in [2.75, 3.05) is 0 Å². The van der Waals surface area contributed by atoms with Gasteiger partial charge in [0.25, 0.3) is 0 Å². The molecule has 1 aromatic carbocycles. The van der Waals surface area contributed by atoms with Crippen molar-refractivity contribution in [1.82, 2.24) is 0 Å². The first-order chi connectivity index (χ1) is 4.84. The maximum Gasteiger partial charge on any atom is 0.00307 e. The van der Waals surface area contributed by atoms with E-state index in [1.54, 1.807) is 0 Å². The highest BCUT2D eigenvalue weighted by atomic mass is 31.1. The van der Waals surface area contributed by atoms with E-state index in [0.29, 0.717) is 8.73 Å². The van der Waals surface area contributed by atoms with Crippen molar-refractivity contribution in [3.05, 3.63) is 35.4 Å². The van der Waals surface area contributed by atoms with Crippen molar-refractivity contribution in [2.45, 2.75) is 13.1 Å². The van der Waals surface area contributed by atoms with Crippen LogP contribution in [-0.2, 0) is 6.16 Å². The van der Waals surface area contributed by atoms with Crippen LogP contribution >= 0.6 is 8.73 Å². The average molecular weight is 153 g/mol. The van der Waals surface area contributed by atoms with Crippen LogP contribution in [0.5, 0.6) is 0 Å². The summed E-state index contributed by atoms with van der Waals surface area (Å²) in [5, 5.41) is 0. The zero-order valence-corrected chi connectivity index (χ0v) is 7.09. The molecule has 0 aliphatic carbocycles. The van der Waals surface area contributed by atoms with Gasteiger partial charge < -0.3 is 5.50 Å². The van der Waals surface area contributed by atoms with Gasteiger partial charge in [0.05, 0.1) is 0 Å². The Morgan fingerprint density at radius 3 is 2.70 bits per heavy atom. The molecule has 0 aliphatic heterocycles. The van der Waals surface area contributed by atoms with E-state index < -0.39 is 0 Å². The molecule has 2 N–H and O–H groups in total. The van der Waals surface area contributed by atoms with Gasteiger partial charge in [0.15, 0.2) is 0 Å². The van der Waals surface area contributed by atoms with Gasteiger partial charge in [0.2, 0.25) is 0 Å². The Morgan fingerprint density at radius 1 is 1.40 bits per heavy atom. The zero-order chi connectivity index (χ0) is 7.40. The van der Waals surface area contributed by atoms with Gasteiger partial charge in [-0.3, -0.25) is 0 Å². The average Bonchev–Trinajstić information content (AvgIpc) is 1.94. The van der Waals surface area contributed by atoms with Gasteiger partial charge in [-0.15, -0.1) is 0 Å². The second-order valence-corrected chi connectivity index (χ2v) is 3.07. The fourth-order valence-electron chi connectivity index (χ4n) is 0.918. The van der Waals surface area contributed by atoms with Crippen molar-refractivity contribution < 1.29 is 0 Å². The van der Waals surface area contributed by atoms with Crippen molar-refractivity contribution in [1.29, 1.82) is 0 Å². The number of aryl methyl sites for hydroxylation is 1. The quantitative estimate of drug-likeness (QED) is 0.646. The Hall–Kier alpha value is -0.390. The second kappa shape index (κ2) is 3.70. The summed E-state index contributed by atoms with van der Waals surface area (Å²) in [5.41, 5.74) is 8.18. The van der Waals surface area contributed by atoms with Crippen molar-refractivity contribution >= 4 is 8.73 Å². The van der Waals surface area contributed by atoms with Crippen LogP contribution in [0.1, 0.15) is 11.1 Å². The molecule has 0 saturated carbocycles. The lowest BCUT2D eigenvalue weighted by atomic mass is 10.1. The number of hydrogen-bond donors (Lipinski definition) is 1. The molecule has 0 fully saturated rings. The van der Waals surface area contributed by atoms with E-state index in [1.165, 1.54) is 11.1 Å². The van der Waals surface area contributed by atoms with Crippen LogP contribution in [0.2, 0.25) is 0 Å². The molecule has 0 saturated heterocycles. The maximum absolute atomic E-state index is 5.46. The molecule has 1 nitrogen and oxygen atoms in total. The number of nitrogens with two attached hydrogens (primary N) is 1. The monoisotopic (exact) mass is 153 g/mol. The molecule has 10 heavy (non-hydrogen) atoms. The lowest BCUT2D eigenvalue weighted by Crippen LogP contribution is -1.85. The predicted molar refractivity (Wildman–Crippen MR) is 47.4 cm³/mol. The molecule has 0 aromatic heterocycles. The molecule has 1 aromatic rings. The van der Waals surface area contributed by atoms with Crippen LogP contribution < -0.4 is 5.50 Å². The summed E-state index contributed by atoms with van der Waals surface area (Å²) in [4.78, 5) is 0. The molecule has 54 valence electrons. The topological polar surface area (TPSA) is 26.0 Å². The van der Waals surface area contributed by atoms with E-state index in [1.807, 2.05) is 0 Å². The third kappa shape index (κ3) is 1.80. The minimum absolute atomic E-state index is 0.532. The normalized spacial score (nSPS) is 11.0. The zero-order valence-electron chi connectivity index (χ0n) is 6.09. The number of rotatable bonds is 2. The predicted octanol–water partition coefficient (Wildman–Crippen LogP) is 2.05. The minimum atomic E-state index is 0.532. The molecular weight excluding hydrogens is 141 g/mol. The standard InChI is InChI=1S/C8H12NP/c1-7-4-2-3-5-8(7)6-10-9/h2-5,10H,6,9H2,1H3. The first-order valence-corrected chi connectivity index (χ1v) is 4.61. The van der Waals surface area contributed by atoms with Gasteiger partial charge >= 0.3 is 0 Å². The van der Waals surface area contributed by atoms with Crippen LogP contribution in [0.4, 0.5) is 0 Å². The van der Waals surface area contributed by atoms with Gasteiger partial charge in [0, 0.05) is 6.16 Å². The molecule has 0 radical (unpaired) electrons. The molecule has 0 spiro atoms.